The topological polar surface area (TPSA) is 72.9 Å². The molecule has 0 atom stereocenters. The fourth-order valence-corrected chi connectivity index (χ4v) is 2.24. The number of hydrogen-bond acceptors (Lipinski definition) is 4. The SMILES string of the molecule is CN1CCN(C(=O)CNC(=O)Cc2ccccc2O)CC1. The molecule has 0 unspecified atom stereocenters. The van der Waals surface area contributed by atoms with Gasteiger partial charge in [0.1, 0.15) is 5.75 Å². The number of phenolic OH excluding ortho intramolecular Hbond substituents is 1. The van der Waals surface area contributed by atoms with Gasteiger partial charge in [-0.15, -0.1) is 0 Å². The zero-order chi connectivity index (χ0) is 15.2. The Morgan fingerprint density at radius 2 is 1.86 bits per heavy atom. The van der Waals surface area contributed by atoms with Gasteiger partial charge >= 0.3 is 0 Å². The molecule has 114 valence electrons. The Labute approximate surface area is 124 Å². The molecule has 1 fully saturated rings. The third-order valence-electron chi connectivity index (χ3n) is 3.64. The molecular formula is C15H21N3O3. The summed E-state index contributed by atoms with van der Waals surface area (Å²) in [6, 6.07) is 6.69. The van der Waals surface area contributed by atoms with Crippen LogP contribution in [0, 0.1) is 0 Å². The molecule has 1 heterocycles. The van der Waals surface area contributed by atoms with Crippen molar-refractivity contribution in [2.24, 2.45) is 0 Å². The predicted molar refractivity (Wildman–Crippen MR) is 78.9 cm³/mol. The van der Waals surface area contributed by atoms with Crippen molar-refractivity contribution >= 4 is 11.8 Å². The summed E-state index contributed by atoms with van der Waals surface area (Å²) in [5.41, 5.74) is 0.557. The van der Waals surface area contributed by atoms with E-state index < -0.39 is 0 Å². The van der Waals surface area contributed by atoms with Crippen molar-refractivity contribution in [3.63, 3.8) is 0 Å². The summed E-state index contributed by atoms with van der Waals surface area (Å²) in [7, 11) is 2.02. The molecule has 0 saturated carbocycles. The van der Waals surface area contributed by atoms with E-state index >= 15 is 0 Å². The van der Waals surface area contributed by atoms with Crippen molar-refractivity contribution in [1.82, 2.24) is 15.1 Å². The van der Waals surface area contributed by atoms with Gasteiger partial charge in [0.15, 0.2) is 0 Å². The molecule has 0 aliphatic carbocycles. The van der Waals surface area contributed by atoms with Crippen LogP contribution in [0.3, 0.4) is 0 Å². The van der Waals surface area contributed by atoms with Crippen molar-refractivity contribution in [3.05, 3.63) is 29.8 Å². The van der Waals surface area contributed by atoms with Crippen LogP contribution in [0.15, 0.2) is 24.3 Å². The maximum Gasteiger partial charge on any atom is 0.242 e. The van der Waals surface area contributed by atoms with Gasteiger partial charge < -0.3 is 20.2 Å². The number of aromatic hydroxyl groups is 1. The summed E-state index contributed by atoms with van der Waals surface area (Å²) >= 11 is 0. The molecule has 1 saturated heterocycles. The quantitative estimate of drug-likeness (QED) is 0.807. The molecular weight excluding hydrogens is 270 g/mol. The number of hydrogen-bond donors (Lipinski definition) is 2. The number of para-hydroxylation sites is 1. The summed E-state index contributed by atoms with van der Waals surface area (Å²) in [6.07, 6.45) is 0.0721. The summed E-state index contributed by atoms with van der Waals surface area (Å²) < 4.78 is 0. The number of nitrogens with one attached hydrogen (secondary N) is 1. The second kappa shape index (κ2) is 7.08. The molecule has 0 spiro atoms. The zero-order valence-corrected chi connectivity index (χ0v) is 12.2. The molecule has 21 heavy (non-hydrogen) atoms. The molecule has 1 aliphatic rings. The molecule has 0 aromatic heterocycles. The van der Waals surface area contributed by atoms with E-state index in [0.717, 1.165) is 13.1 Å². The first-order chi connectivity index (χ1) is 10.1. The van der Waals surface area contributed by atoms with Gasteiger partial charge in [0, 0.05) is 31.7 Å². The lowest BCUT2D eigenvalue weighted by molar-refractivity contribution is -0.134. The normalized spacial score (nSPS) is 15.8. The second-order valence-corrected chi connectivity index (χ2v) is 5.27. The fourth-order valence-electron chi connectivity index (χ4n) is 2.24. The number of nitrogens with zero attached hydrogens (tertiary/aromatic N) is 2. The van der Waals surface area contributed by atoms with E-state index in [0.29, 0.717) is 18.7 Å². The minimum Gasteiger partial charge on any atom is -0.508 e. The Morgan fingerprint density at radius 1 is 1.19 bits per heavy atom. The lowest BCUT2D eigenvalue weighted by Gasteiger charge is -2.32. The molecule has 2 amide bonds. The number of amides is 2. The molecule has 1 aromatic carbocycles. The predicted octanol–water partition coefficient (Wildman–Crippen LogP) is -0.175. The van der Waals surface area contributed by atoms with Crippen LogP contribution >= 0.6 is 0 Å². The smallest absolute Gasteiger partial charge is 0.242 e. The first-order valence-corrected chi connectivity index (χ1v) is 7.06. The van der Waals surface area contributed by atoms with Crippen molar-refractivity contribution in [2.45, 2.75) is 6.42 Å². The van der Waals surface area contributed by atoms with Crippen LogP contribution in [0.25, 0.3) is 0 Å². The molecule has 0 radical (unpaired) electrons. The average Bonchev–Trinajstić information content (AvgIpc) is 2.48. The maximum absolute atomic E-state index is 12.0. The average molecular weight is 291 g/mol. The highest BCUT2D eigenvalue weighted by atomic mass is 16.3. The zero-order valence-electron chi connectivity index (χ0n) is 12.2. The van der Waals surface area contributed by atoms with E-state index in [1.807, 2.05) is 7.05 Å². The number of rotatable bonds is 4. The number of carbonyl (C=O) groups is 2. The Hall–Kier alpha value is -2.08. The van der Waals surface area contributed by atoms with Crippen LogP contribution in [0.1, 0.15) is 5.56 Å². The maximum atomic E-state index is 12.0. The largest absolute Gasteiger partial charge is 0.508 e. The van der Waals surface area contributed by atoms with Crippen LogP contribution in [-0.2, 0) is 16.0 Å². The number of likely N-dealkylation sites (N-methyl/N-ethyl adjacent to an activating group) is 1. The first-order valence-electron chi connectivity index (χ1n) is 7.06. The molecule has 6 heteroatoms. The minimum absolute atomic E-state index is 0.0101. The minimum atomic E-state index is -0.265. The Balaban J connectivity index is 1.76. The highest BCUT2D eigenvalue weighted by molar-refractivity contribution is 5.86. The highest BCUT2D eigenvalue weighted by Gasteiger charge is 2.19. The van der Waals surface area contributed by atoms with E-state index in [4.69, 9.17) is 0 Å². The monoisotopic (exact) mass is 291 g/mol. The summed E-state index contributed by atoms with van der Waals surface area (Å²) in [5.74, 6) is -0.231. The lowest BCUT2D eigenvalue weighted by Crippen LogP contribution is -2.50. The first kappa shape index (κ1) is 15.3. The van der Waals surface area contributed by atoms with Crippen LogP contribution in [0.2, 0.25) is 0 Å². The van der Waals surface area contributed by atoms with Crippen LogP contribution in [0.5, 0.6) is 5.75 Å². The van der Waals surface area contributed by atoms with Crippen LogP contribution in [0.4, 0.5) is 0 Å². The second-order valence-electron chi connectivity index (χ2n) is 5.27. The summed E-state index contributed by atoms with van der Waals surface area (Å²) in [6.45, 7) is 3.13. The Kier molecular flexibility index (Phi) is 5.16. The molecule has 1 aromatic rings. The van der Waals surface area contributed by atoms with Gasteiger partial charge in [0.05, 0.1) is 13.0 Å². The van der Waals surface area contributed by atoms with E-state index in [1.54, 1.807) is 23.1 Å². The molecule has 1 aliphatic heterocycles. The lowest BCUT2D eigenvalue weighted by atomic mass is 10.1. The van der Waals surface area contributed by atoms with Gasteiger partial charge in [0.2, 0.25) is 11.8 Å². The van der Waals surface area contributed by atoms with Gasteiger partial charge in [-0.2, -0.15) is 0 Å². The summed E-state index contributed by atoms with van der Waals surface area (Å²) in [5, 5.41) is 12.2. The Morgan fingerprint density at radius 3 is 2.52 bits per heavy atom. The molecule has 2 rings (SSSR count). The fraction of sp³-hybridized carbons (Fsp3) is 0.467. The molecule has 6 nitrogen and oxygen atoms in total. The molecule has 0 bridgehead atoms. The molecule has 2 N–H and O–H groups in total. The van der Waals surface area contributed by atoms with E-state index in [1.165, 1.54) is 6.07 Å². The van der Waals surface area contributed by atoms with Crippen LogP contribution < -0.4 is 5.32 Å². The van der Waals surface area contributed by atoms with Gasteiger partial charge in [-0.05, 0) is 13.1 Å². The van der Waals surface area contributed by atoms with Gasteiger partial charge in [-0.1, -0.05) is 18.2 Å². The van der Waals surface area contributed by atoms with Crippen molar-refractivity contribution in [3.8, 4) is 5.75 Å². The standard InChI is InChI=1S/C15H21N3O3/c1-17-6-8-18(9-7-17)15(21)11-16-14(20)10-12-4-2-3-5-13(12)19/h2-5,19H,6-11H2,1H3,(H,16,20). The van der Waals surface area contributed by atoms with Crippen molar-refractivity contribution in [2.75, 3.05) is 39.8 Å². The van der Waals surface area contributed by atoms with Gasteiger partial charge in [0.25, 0.3) is 0 Å². The van der Waals surface area contributed by atoms with Gasteiger partial charge in [-0.3, -0.25) is 9.59 Å². The van der Waals surface area contributed by atoms with E-state index in [9.17, 15) is 14.7 Å². The van der Waals surface area contributed by atoms with Crippen LogP contribution in [-0.4, -0.2) is 66.5 Å². The summed E-state index contributed by atoms with van der Waals surface area (Å²) in [4.78, 5) is 27.7. The number of phenols is 1. The number of piperazine rings is 1. The third kappa shape index (κ3) is 4.46. The number of carbonyl (C=O) groups excluding carboxylic acids is 2. The van der Waals surface area contributed by atoms with E-state index in [-0.39, 0.29) is 30.5 Å². The van der Waals surface area contributed by atoms with Crippen molar-refractivity contribution < 1.29 is 14.7 Å². The third-order valence-corrected chi connectivity index (χ3v) is 3.64. The van der Waals surface area contributed by atoms with E-state index in [2.05, 4.69) is 10.2 Å². The number of benzene rings is 1. The van der Waals surface area contributed by atoms with Crippen molar-refractivity contribution in [1.29, 1.82) is 0 Å². The Bertz CT molecular complexity index is 511. The highest BCUT2D eigenvalue weighted by Crippen LogP contribution is 2.15. The van der Waals surface area contributed by atoms with Gasteiger partial charge in [-0.25, -0.2) is 0 Å².